The summed E-state index contributed by atoms with van der Waals surface area (Å²) in [6, 6.07) is 6.31. The molecule has 1 aromatic rings. The normalized spacial score (nSPS) is 10.2. The first kappa shape index (κ1) is 12.1. The van der Waals surface area contributed by atoms with Crippen LogP contribution in [0.1, 0.15) is 18.9 Å². The fourth-order valence-corrected chi connectivity index (χ4v) is 1.96. The number of aryl methyl sites for hydroxylation is 1. The maximum Gasteiger partial charge on any atom is 0.132 e. The van der Waals surface area contributed by atoms with Gasteiger partial charge in [-0.15, -0.1) is 11.6 Å². The van der Waals surface area contributed by atoms with Crippen LogP contribution in [0.5, 0.6) is 5.75 Å². The van der Waals surface area contributed by atoms with Crippen molar-refractivity contribution in [3.05, 3.63) is 27.3 Å². The van der Waals surface area contributed by atoms with Crippen LogP contribution >= 0.6 is 34.2 Å². The maximum absolute atomic E-state index is 5.58. The summed E-state index contributed by atoms with van der Waals surface area (Å²) < 4.78 is 6.76. The van der Waals surface area contributed by atoms with Gasteiger partial charge in [0.2, 0.25) is 0 Å². The standard InChI is InChI=1S/C11H14ClIO/c1-2-9-4-5-11(10(13)8-9)14-7-3-6-12/h4-5,8H,2-3,6-7H2,1H3. The Morgan fingerprint density at radius 2 is 2.21 bits per heavy atom. The highest BCUT2D eigenvalue weighted by molar-refractivity contribution is 14.1. The van der Waals surface area contributed by atoms with Gasteiger partial charge in [-0.3, -0.25) is 0 Å². The molecule has 0 spiro atoms. The van der Waals surface area contributed by atoms with Crippen molar-refractivity contribution in [2.75, 3.05) is 12.5 Å². The van der Waals surface area contributed by atoms with Gasteiger partial charge in [0.1, 0.15) is 5.75 Å². The van der Waals surface area contributed by atoms with Gasteiger partial charge < -0.3 is 4.74 Å². The molecule has 0 aliphatic rings. The number of rotatable bonds is 5. The topological polar surface area (TPSA) is 9.23 Å². The Morgan fingerprint density at radius 1 is 1.43 bits per heavy atom. The number of halogens is 2. The molecular weight excluding hydrogens is 310 g/mol. The van der Waals surface area contributed by atoms with Crippen molar-refractivity contribution in [3.8, 4) is 5.75 Å². The van der Waals surface area contributed by atoms with Gasteiger partial charge in [-0.25, -0.2) is 0 Å². The molecular formula is C11H14ClIO. The number of hydrogen-bond donors (Lipinski definition) is 0. The van der Waals surface area contributed by atoms with Crippen LogP contribution in [0.4, 0.5) is 0 Å². The van der Waals surface area contributed by atoms with Gasteiger partial charge in [0.05, 0.1) is 10.2 Å². The fraction of sp³-hybridized carbons (Fsp3) is 0.455. The highest BCUT2D eigenvalue weighted by atomic mass is 127. The molecule has 0 N–H and O–H groups in total. The predicted octanol–water partition coefficient (Wildman–Crippen LogP) is 3.86. The summed E-state index contributed by atoms with van der Waals surface area (Å²) in [5.41, 5.74) is 1.35. The van der Waals surface area contributed by atoms with E-state index >= 15 is 0 Å². The SMILES string of the molecule is CCc1ccc(OCCCCl)c(I)c1. The number of alkyl halides is 1. The van der Waals surface area contributed by atoms with Gasteiger partial charge in [-0.1, -0.05) is 13.0 Å². The molecule has 3 heteroatoms. The molecule has 0 radical (unpaired) electrons. The Bertz CT molecular complexity index is 289. The van der Waals surface area contributed by atoms with E-state index in [1.54, 1.807) is 0 Å². The summed E-state index contributed by atoms with van der Waals surface area (Å²) >= 11 is 7.88. The molecule has 0 unspecified atom stereocenters. The zero-order valence-electron chi connectivity index (χ0n) is 8.22. The quantitative estimate of drug-likeness (QED) is 0.454. The van der Waals surface area contributed by atoms with E-state index < -0.39 is 0 Å². The molecule has 14 heavy (non-hydrogen) atoms. The lowest BCUT2D eigenvalue weighted by Gasteiger charge is -2.08. The van der Waals surface area contributed by atoms with Crippen LogP contribution in [0.15, 0.2) is 18.2 Å². The zero-order chi connectivity index (χ0) is 10.4. The highest BCUT2D eigenvalue weighted by Crippen LogP contribution is 2.22. The van der Waals surface area contributed by atoms with Gasteiger partial charge in [0.15, 0.2) is 0 Å². The van der Waals surface area contributed by atoms with E-state index in [1.807, 2.05) is 6.07 Å². The Labute approximate surface area is 104 Å². The van der Waals surface area contributed by atoms with Crippen molar-refractivity contribution in [3.63, 3.8) is 0 Å². The predicted molar refractivity (Wildman–Crippen MR) is 69.4 cm³/mol. The van der Waals surface area contributed by atoms with Gasteiger partial charge in [-0.2, -0.15) is 0 Å². The minimum absolute atomic E-state index is 0.656. The second kappa shape index (κ2) is 6.51. The summed E-state index contributed by atoms with van der Waals surface area (Å²) in [6.07, 6.45) is 1.96. The van der Waals surface area contributed by atoms with Crippen molar-refractivity contribution in [1.82, 2.24) is 0 Å². The number of benzene rings is 1. The van der Waals surface area contributed by atoms with Crippen molar-refractivity contribution in [2.45, 2.75) is 19.8 Å². The van der Waals surface area contributed by atoms with Crippen LogP contribution in [-0.2, 0) is 6.42 Å². The lowest BCUT2D eigenvalue weighted by Crippen LogP contribution is -1.99. The Balaban J connectivity index is 2.59. The van der Waals surface area contributed by atoms with E-state index in [1.165, 1.54) is 9.13 Å². The minimum Gasteiger partial charge on any atom is -0.492 e. The van der Waals surface area contributed by atoms with Crippen LogP contribution in [0, 0.1) is 3.57 Å². The molecule has 0 bridgehead atoms. The molecule has 0 amide bonds. The molecule has 0 atom stereocenters. The number of ether oxygens (including phenoxy) is 1. The second-order valence-electron chi connectivity index (χ2n) is 3.01. The zero-order valence-corrected chi connectivity index (χ0v) is 11.1. The van der Waals surface area contributed by atoms with E-state index in [4.69, 9.17) is 16.3 Å². The molecule has 0 aliphatic carbocycles. The maximum atomic E-state index is 5.58. The molecule has 0 saturated carbocycles. The van der Waals surface area contributed by atoms with E-state index in [0.717, 1.165) is 18.6 Å². The summed E-state index contributed by atoms with van der Waals surface area (Å²) in [5, 5.41) is 0. The third-order valence-electron chi connectivity index (χ3n) is 1.94. The molecule has 1 rings (SSSR count). The van der Waals surface area contributed by atoms with E-state index in [0.29, 0.717) is 12.5 Å². The lowest BCUT2D eigenvalue weighted by molar-refractivity contribution is 0.316. The third-order valence-corrected chi connectivity index (χ3v) is 3.05. The van der Waals surface area contributed by atoms with Crippen molar-refractivity contribution >= 4 is 34.2 Å². The molecule has 0 aliphatic heterocycles. The van der Waals surface area contributed by atoms with Crippen LogP contribution in [-0.4, -0.2) is 12.5 Å². The van der Waals surface area contributed by atoms with Crippen LogP contribution in [0.3, 0.4) is 0 Å². The molecule has 1 nitrogen and oxygen atoms in total. The smallest absolute Gasteiger partial charge is 0.132 e. The molecule has 78 valence electrons. The summed E-state index contributed by atoms with van der Waals surface area (Å²) in [4.78, 5) is 0. The lowest BCUT2D eigenvalue weighted by atomic mass is 10.2. The highest BCUT2D eigenvalue weighted by Gasteiger charge is 2.01. The van der Waals surface area contributed by atoms with Crippen LogP contribution in [0.2, 0.25) is 0 Å². The Hall–Kier alpha value is 0.0400. The second-order valence-corrected chi connectivity index (χ2v) is 4.55. The first-order valence-corrected chi connectivity index (χ1v) is 6.36. The summed E-state index contributed by atoms with van der Waals surface area (Å²) in [7, 11) is 0. The average molecular weight is 325 g/mol. The fourth-order valence-electron chi connectivity index (χ4n) is 1.12. The Morgan fingerprint density at radius 3 is 2.79 bits per heavy atom. The van der Waals surface area contributed by atoms with E-state index in [9.17, 15) is 0 Å². The monoisotopic (exact) mass is 324 g/mol. The molecule has 0 saturated heterocycles. The van der Waals surface area contributed by atoms with Gasteiger partial charge in [0.25, 0.3) is 0 Å². The summed E-state index contributed by atoms with van der Waals surface area (Å²) in [6.45, 7) is 2.85. The minimum atomic E-state index is 0.656. The average Bonchev–Trinajstić information content (AvgIpc) is 2.20. The first-order valence-electron chi connectivity index (χ1n) is 4.75. The van der Waals surface area contributed by atoms with Crippen molar-refractivity contribution in [1.29, 1.82) is 0 Å². The van der Waals surface area contributed by atoms with Gasteiger partial charge in [-0.05, 0) is 53.1 Å². The largest absolute Gasteiger partial charge is 0.492 e. The van der Waals surface area contributed by atoms with Gasteiger partial charge in [0, 0.05) is 5.88 Å². The van der Waals surface area contributed by atoms with E-state index in [2.05, 4.69) is 41.6 Å². The van der Waals surface area contributed by atoms with Gasteiger partial charge >= 0.3 is 0 Å². The van der Waals surface area contributed by atoms with Crippen molar-refractivity contribution in [2.24, 2.45) is 0 Å². The van der Waals surface area contributed by atoms with Crippen LogP contribution in [0.25, 0.3) is 0 Å². The molecule has 0 fully saturated rings. The van der Waals surface area contributed by atoms with Crippen LogP contribution < -0.4 is 4.74 Å². The summed E-state index contributed by atoms with van der Waals surface area (Å²) in [5.74, 6) is 1.62. The molecule has 0 heterocycles. The van der Waals surface area contributed by atoms with Crippen molar-refractivity contribution < 1.29 is 4.74 Å². The number of hydrogen-bond acceptors (Lipinski definition) is 1. The molecule has 0 aromatic heterocycles. The first-order chi connectivity index (χ1) is 6.77. The van der Waals surface area contributed by atoms with E-state index in [-0.39, 0.29) is 0 Å². The molecule has 1 aromatic carbocycles. The third kappa shape index (κ3) is 3.65. The Kier molecular flexibility index (Phi) is 5.63.